The van der Waals surface area contributed by atoms with E-state index in [1.165, 1.54) is 5.56 Å². The summed E-state index contributed by atoms with van der Waals surface area (Å²) in [6.07, 6.45) is 11.6. The maximum Gasteiger partial charge on any atom is 0.251 e. The minimum atomic E-state index is -0.00581. The molecule has 0 spiro atoms. The number of benzene rings is 1. The summed E-state index contributed by atoms with van der Waals surface area (Å²) >= 11 is 0. The number of rotatable bonds is 4. The van der Waals surface area contributed by atoms with Crippen molar-refractivity contribution >= 4 is 5.91 Å². The van der Waals surface area contributed by atoms with Gasteiger partial charge in [0.05, 0.1) is 18.4 Å². The first-order valence-electron chi connectivity index (χ1n) is 9.10. The Labute approximate surface area is 152 Å². The molecule has 0 bridgehead atoms. The van der Waals surface area contributed by atoms with Gasteiger partial charge in [0.2, 0.25) is 0 Å². The molecule has 0 radical (unpaired) electrons. The van der Waals surface area contributed by atoms with Gasteiger partial charge in [0.15, 0.2) is 0 Å². The van der Waals surface area contributed by atoms with Gasteiger partial charge in [-0.25, -0.2) is 0 Å². The molecule has 0 saturated heterocycles. The van der Waals surface area contributed by atoms with Gasteiger partial charge >= 0.3 is 0 Å². The smallest absolute Gasteiger partial charge is 0.251 e. The number of carbonyl (C=O) groups is 1. The average molecular weight is 349 g/mol. The van der Waals surface area contributed by atoms with Crippen LogP contribution in [0.3, 0.4) is 0 Å². The Morgan fingerprint density at radius 3 is 2.73 bits per heavy atom. The molecule has 2 aromatic heterocycles. The first kappa shape index (κ1) is 16.6. The number of amides is 1. The lowest BCUT2D eigenvalue weighted by Gasteiger charge is -2.29. The molecule has 3 aromatic rings. The van der Waals surface area contributed by atoms with Crippen molar-refractivity contribution in [3.8, 4) is 11.1 Å². The molecule has 2 heterocycles. The number of aromatic nitrogens is 4. The maximum atomic E-state index is 12.6. The first-order valence-corrected chi connectivity index (χ1v) is 9.10. The summed E-state index contributed by atoms with van der Waals surface area (Å²) in [6.45, 7) is 2.06. The second-order valence-electron chi connectivity index (χ2n) is 7.04. The number of carbonyl (C=O) groups excluding carboxylic acids is 1. The minimum Gasteiger partial charge on any atom is -0.349 e. The largest absolute Gasteiger partial charge is 0.349 e. The van der Waals surface area contributed by atoms with Gasteiger partial charge in [-0.3, -0.25) is 14.6 Å². The number of aryl methyl sites for hydroxylation is 1. The SMILES string of the molecule is Cc1cnn(C2CCC(NC(=O)c3cccc(-c4cn[nH]c4)c3)CC2)c1. The van der Waals surface area contributed by atoms with Crippen LogP contribution in [0.15, 0.2) is 49.1 Å². The topological polar surface area (TPSA) is 75.6 Å². The van der Waals surface area contributed by atoms with Crippen molar-refractivity contribution in [2.45, 2.75) is 44.7 Å². The summed E-state index contributed by atoms with van der Waals surface area (Å²) in [5.74, 6) is -0.00581. The molecule has 26 heavy (non-hydrogen) atoms. The molecule has 1 saturated carbocycles. The molecule has 1 aliphatic carbocycles. The maximum absolute atomic E-state index is 12.6. The summed E-state index contributed by atoms with van der Waals surface area (Å²) in [4.78, 5) is 12.6. The highest BCUT2D eigenvalue weighted by Gasteiger charge is 2.24. The van der Waals surface area contributed by atoms with E-state index in [-0.39, 0.29) is 11.9 Å². The van der Waals surface area contributed by atoms with Gasteiger partial charge in [-0.05, 0) is 55.9 Å². The monoisotopic (exact) mass is 349 g/mol. The van der Waals surface area contributed by atoms with Crippen LogP contribution >= 0.6 is 0 Å². The molecule has 6 nitrogen and oxygen atoms in total. The summed E-state index contributed by atoms with van der Waals surface area (Å²) < 4.78 is 2.07. The summed E-state index contributed by atoms with van der Waals surface area (Å²) in [5, 5.41) is 14.4. The Morgan fingerprint density at radius 1 is 1.19 bits per heavy atom. The highest BCUT2D eigenvalue weighted by molar-refractivity contribution is 5.95. The van der Waals surface area contributed by atoms with E-state index in [9.17, 15) is 4.79 Å². The fourth-order valence-corrected chi connectivity index (χ4v) is 3.63. The van der Waals surface area contributed by atoms with Crippen LogP contribution < -0.4 is 5.32 Å². The van der Waals surface area contributed by atoms with Gasteiger partial charge in [0.1, 0.15) is 0 Å². The number of nitrogens with zero attached hydrogens (tertiary/aromatic N) is 3. The summed E-state index contributed by atoms with van der Waals surface area (Å²) in [6, 6.07) is 8.34. The molecule has 134 valence electrons. The average Bonchev–Trinajstić information content (AvgIpc) is 3.34. The van der Waals surface area contributed by atoms with E-state index in [1.807, 2.05) is 36.7 Å². The number of hydrogen-bond acceptors (Lipinski definition) is 3. The zero-order chi connectivity index (χ0) is 17.9. The van der Waals surface area contributed by atoms with Crippen molar-refractivity contribution in [2.75, 3.05) is 0 Å². The van der Waals surface area contributed by atoms with Crippen molar-refractivity contribution in [3.63, 3.8) is 0 Å². The van der Waals surface area contributed by atoms with Gasteiger partial charge < -0.3 is 5.32 Å². The van der Waals surface area contributed by atoms with Crippen LogP contribution in [0.4, 0.5) is 0 Å². The van der Waals surface area contributed by atoms with Gasteiger partial charge in [-0.1, -0.05) is 12.1 Å². The molecule has 6 heteroatoms. The van der Waals surface area contributed by atoms with Crippen LogP contribution in [-0.2, 0) is 0 Å². The van der Waals surface area contributed by atoms with Crippen molar-refractivity contribution in [2.24, 2.45) is 0 Å². The second-order valence-corrected chi connectivity index (χ2v) is 7.04. The second kappa shape index (κ2) is 7.15. The molecule has 1 aromatic carbocycles. The van der Waals surface area contributed by atoms with E-state index in [0.29, 0.717) is 11.6 Å². The van der Waals surface area contributed by atoms with Gasteiger partial charge in [-0.15, -0.1) is 0 Å². The standard InChI is InChI=1S/C20H23N5O/c1-14-10-23-25(13-14)19-7-5-18(6-8-19)24-20(26)16-4-2-3-15(9-16)17-11-21-22-12-17/h2-4,9-13,18-19H,5-8H2,1H3,(H,21,22)(H,24,26). The minimum absolute atomic E-state index is 0.00581. The van der Waals surface area contributed by atoms with E-state index >= 15 is 0 Å². The molecular weight excluding hydrogens is 326 g/mol. The van der Waals surface area contributed by atoms with Crippen LogP contribution in [-0.4, -0.2) is 31.9 Å². The highest BCUT2D eigenvalue weighted by Crippen LogP contribution is 2.28. The number of nitrogens with one attached hydrogen (secondary N) is 2. The molecule has 1 amide bonds. The van der Waals surface area contributed by atoms with E-state index in [2.05, 4.69) is 38.4 Å². The third-order valence-electron chi connectivity index (χ3n) is 5.09. The van der Waals surface area contributed by atoms with Crippen molar-refractivity contribution in [3.05, 3.63) is 60.2 Å². The molecule has 0 unspecified atom stereocenters. The van der Waals surface area contributed by atoms with Crippen molar-refractivity contribution < 1.29 is 4.79 Å². The van der Waals surface area contributed by atoms with Crippen molar-refractivity contribution in [1.82, 2.24) is 25.3 Å². The Hall–Kier alpha value is -2.89. The number of hydrogen-bond donors (Lipinski definition) is 2. The zero-order valence-corrected chi connectivity index (χ0v) is 14.9. The third kappa shape index (κ3) is 3.54. The lowest BCUT2D eigenvalue weighted by Crippen LogP contribution is -2.38. The lowest BCUT2D eigenvalue weighted by molar-refractivity contribution is 0.0922. The Morgan fingerprint density at radius 2 is 2.04 bits per heavy atom. The first-order chi connectivity index (χ1) is 12.7. The molecule has 1 aliphatic rings. The summed E-state index contributed by atoms with van der Waals surface area (Å²) in [5.41, 5.74) is 3.85. The fourth-order valence-electron chi connectivity index (χ4n) is 3.63. The normalized spacial score (nSPS) is 20.0. The highest BCUT2D eigenvalue weighted by atomic mass is 16.1. The number of H-pyrrole nitrogens is 1. The van der Waals surface area contributed by atoms with Crippen LogP contribution in [0.2, 0.25) is 0 Å². The Kier molecular flexibility index (Phi) is 4.56. The number of aromatic amines is 1. The molecule has 1 fully saturated rings. The molecule has 0 atom stereocenters. The van der Waals surface area contributed by atoms with Gasteiger partial charge in [0, 0.05) is 29.6 Å². The summed E-state index contributed by atoms with van der Waals surface area (Å²) in [7, 11) is 0. The van der Waals surface area contributed by atoms with Crippen molar-refractivity contribution in [1.29, 1.82) is 0 Å². The van der Waals surface area contributed by atoms with Gasteiger partial charge in [-0.2, -0.15) is 10.2 Å². The Balaban J connectivity index is 1.36. The molecular formula is C20H23N5O. The predicted octanol–water partition coefficient (Wildman–Crippen LogP) is 3.50. The van der Waals surface area contributed by atoms with Crippen LogP contribution in [0.1, 0.15) is 47.6 Å². The zero-order valence-electron chi connectivity index (χ0n) is 14.9. The lowest BCUT2D eigenvalue weighted by atomic mass is 9.91. The third-order valence-corrected chi connectivity index (χ3v) is 5.09. The molecule has 0 aliphatic heterocycles. The van der Waals surface area contributed by atoms with Crippen LogP contribution in [0.5, 0.6) is 0 Å². The van der Waals surface area contributed by atoms with E-state index in [0.717, 1.165) is 36.8 Å². The predicted molar refractivity (Wildman–Crippen MR) is 99.7 cm³/mol. The van der Waals surface area contributed by atoms with Crippen LogP contribution in [0, 0.1) is 6.92 Å². The molecule has 2 N–H and O–H groups in total. The fraction of sp³-hybridized carbons (Fsp3) is 0.350. The van der Waals surface area contributed by atoms with Crippen LogP contribution in [0.25, 0.3) is 11.1 Å². The Bertz CT molecular complexity index is 875. The van der Waals surface area contributed by atoms with E-state index in [1.54, 1.807) is 6.20 Å². The van der Waals surface area contributed by atoms with E-state index in [4.69, 9.17) is 0 Å². The quantitative estimate of drug-likeness (QED) is 0.757. The molecule has 4 rings (SSSR count). The van der Waals surface area contributed by atoms with Gasteiger partial charge in [0.25, 0.3) is 5.91 Å². The van der Waals surface area contributed by atoms with E-state index < -0.39 is 0 Å².